The number of carbonyl (C=O) groups excluding carboxylic acids is 1. The maximum atomic E-state index is 12.2. The third-order valence-corrected chi connectivity index (χ3v) is 5.78. The fourth-order valence-electron chi connectivity index (χ4n) is 3.72. The van der Waals surface area contributed by atoms with Crippen LogP contribution in [0.4, 0.5) is 13.2 Å². The van der Waals surface area contributed by atoms with Crippen LogP contribution in [0.5, 0.6) is 0 Å². The fourth-order valence-corrected chi connectivity index (χ4v) is 3.72. The first kappa shape index (κ1) is 23.5. The summed E-state index contributed by atoms with van der Waals surface area (Å²) in [5.41, 5.74) is 2.20. The molecule has 2 aliphatic heterocycles. The molecule has 7 nitrogen and oxygen atoms in total. The number of carboxylic acid groups (broad SMARTS) is 1. The molecule has 3 fully saturated rings. The van der Waals surface area contributed by atoms with Gasteiger partial charge in [-0.3, -0.25) is 9.78 Å². The topological polar surface area (TPSA) is 89.0 Å². The molecule has 1 aromatic heterocycles. The molecule has 31 heavy (non-hydrogen) atoms. The molecule has 1 saturated carbocycles. The number of hydrogen-bond donors (Lipinski definition) is 1. The highest BCUT2D eigenvalue weighted by Gasteiger charge is 2.49. The summed E-state index contributed by atoms with van der Waals surface area (Å²) < 4.78 is 43.9. The first-order chi connectivity index (χ1) is 14.6. The summed E-state index contributed by atoms with van der Waals surface area (Å²) in [6, 6.07) is 2.01. The Balaban J connectivity index is 0.000000339. The Bertz CT molecular complexity index is 791. The van der Waals surface area contributed by atoms with Crippen LogP contribution >= 0.6 is 0 Å². The van der Waals surface area contributed by atoms with Gasteiger partial charge in [-0.25, -0.2) is 4.79 Å². The van der Waals surface area contributed by atoms with Gasteiger partial charge in [-0.05, 0) is 49.3 Å². The van der Waals surface area contributed by atoms with Gasteiger partial charge < -0.3 is 19.5 Å². The van der Waals surface area contributed by atoms with Crippen molar-refractivity contribution in [3.63, 3.8) is 0 Å². The monoisotopic (exact) mass is 444 g/mol. The van der Waals surface area contributed by atoms with Crippen LogP contribution in [0.25, 0.3) is 0 Å². The van der Waals surface area contributed by atoms with Gasteiger partial charge in [-0.1, -0.05) is 0 Å². The van der Waals surface area contributed by atoms with Crippen LogP contribution in [0.1, 0.15) is 43.2 Å². The predicted molar refractivity (Wildman–Crippen MR) is 103 cm³/mol. The quantitative estimate of drug-likeness (QED) is 0.751. The lowest BCUT2D eigenvalue weighted by Crippen LogP contribution is -2.67. The van der Waals surface area contributed by atoms with E-state index in [1.54, 1.807) is 0 Å². The molecule has 1 amide bonds. The standard InChI is InChI=1S/C19H26N2O3.C2HF3O2/c1-14-4-6-20-10-16(14)11-23-17-5-7-24-19(9-17)12-21(13-19)18(22)8-15-2-3-15;3-2(4,5)1(6)7/h4,6,10,15,17H,2-3,5,7-9,11-13H2,1H3;(H,6,7). The summed E-state index contributed by atoms with van der Waals surface area (Å²) in [5.74, 6) is -1.80. The maximum Gasteiger partial charge on any atom is 0.490 e. The van der Waals surface area contributed by atoms with Crippen LogP contribution in [-0.4, -0.2) is 64.4 Å². The van der Waals surface area contributed by atoms with Gasteiger partial charge in [0.2, 0.25) is 5.91 Å². The van der Waals surface area contributed by atoms with Gasteiger partial charge in [-0.2, -0.15) is 13.2 Å². The average molecular weight is 444 g/mol. The van der Waals surface area contributed by atoms with E-state index < -0.39 is 12.1 Å². The molecule has 1 aromatic rings. The smallest absolute Gasteiger partial charge is 0.475 e. The number of aliphatic carboxylic acids is 1. The van der Waals surface area contributed by atoms with E-state index in [4.69, 9.17) is 19.4 Å². The van der Waals surface area contributed by atoms with E-state index in [-0.39, 0.29) is 11.7 Å². The Morgan fingerprint density at radius 3 is 2.58 bits per heavy atom. The van der Waals surface area contributed by atoms with Gasteiger partial charge in [0, 0.05) is 31.8 Å². The Labute approximate surface area is 178 Å². The number of alkyl halides is 3. The molecule has 4 rings (SSSR count). The van der Waals surface area contributed by atoms with Crippen molar-refractivity contribution in [2.45, 2.75) is 63.5 Å². The zero-order valence-corrected chi connectivity index (χ0v) is 17.4. The average Bonchev–Trinajstić information content (AvgIpc) is 3.49. The van der Waals surface area contributed by atoms with Crippen LogP contribution in [0.3, 0.4) is 0 Å². The van der Waals surface area contributed by atoms with Crippen molar-refractivity contribution in [2.24, 2.45) is 5.92 Å². The number of carbonyl (C=O) groups is 2. The van der Waals surface area contributed by atoms with Gasteiger partial charge in [-0.15, -0.1) is 0 Å². The molecule has 1 unspecified atom stereocenters. The normalized spacial score (nSPS) is 22.3. The largest absolute Gasteiger partial charge is 0.490 e. The number of nitrogens with zero attached hydrogens (tertiary/aromatic N) is 2. The molecule has 1 atom stereocenters. The predicted octanol–water partition coefficient (Wildman–Crippen LogP) is 3.10. The lowest BCUT2D eigenvalue weighted by Gasteiger charge is -2.53. The van der Waals surface area contributed by atoms with Crippen LogP contribution in [0, 0.1) is 12.8 Å². The van der Waals surface area contributed by atoms with Gasteiger partial charge in [0.1, 0.15) is 5.60 Å². The second-order valence-corrected chi connectivity index (χ2v) is 8.46. The molecule has 10 heteroatoms. The second-order valence-electron chi connectivity index (χ2n) is 8.46. The molecule has 2 saturated heterocycles. The van der Waals surface area contributed by atoms with E-state index in [0.29, 0.717) is 18.4 Å². The zero-order chi connectivity index (χ0) is 22.6. The first-order valence-corrected chi connectivity index (χ1v) is 10.3. The lowest BCUT2D eigenvalue weighted by molar-refractivity contribution is -0.202. The number of ether oxygens (including phenoxy) is 2. The van der Waals surface area contributed by atoms with Crippen molar-refractivity contribution in [3.05, 3.63) is 29.6 Å². The van der Waals surface area contributed by atoms with Crippen LogP contribution in [0.15, 0.2) is 18.5 Å². The third kappa shape index (κ3) is 6.64. The number of hydrogen-bond acceptors (Lipinski definition) is 5. The van der Waals surface area contributed by atoms with Crippen molar-refractivity contribution >= 4 is 11.9 Å². The molecule has 1 aliphatic carbocycles. The number of amides is 1. The molecule has 0 radical (unpaired) electrons. The Hall–Kier alpha value is -2.20. The van der Waals surface area contributed by atoms with Gasteiger partial charge in [0.05, 0.1) is 25.8 Å². The summed E-state index contributed by atoms with van der Waals surface area (Å²) in [6.45, 7) is 4.89. The van der Waals surface area contributed by atoms with E-state index in [1.807, 2.05) is 23.4 Å². The SMILES string of the molecule is Cc1ccncc1COC1CCOC2(C1)CN(C(=O)CC1CC1)C2.O=C(O)C(F)(F)F. The highest BCUT2D eigenvalue weighted by molar-refractivity contribution is 5.78. The number of aromatic nitrogens is 1. The minimum Gasteiger partial charge on any atom is -0.475 e. The number of rotatable bonds is 5. The Morgan fingerprint density at radius 2 is 2.00 bits per heavy atom. The summed E-state index contributed by atoms with van der Waals surface area (Å²) >= 11 is 0. The molecule has 3 aliphatic rings. The van der Waals surface area contributed by atoms with Crippen molar-refractivity contribution in [1.29, 1.82) is 0 Å². The van der Waals surface area contributed by atoms with Crippen LogP contribution in [0.2, 0.25) is 0 Å². The van der Waals surface area contributed by atoms with Crippen molar-refractivity contribution in [2.75, 3.05) is 19.7 Å². The van der Waals surface area contributed by atoms with Crippen molar-refractivity contribution in [1.82, 2.24) is 9.88 Å². The molecule has 1 N–H and O–H groups in total. The summed E-state index contributed by atoms with van der Waals surface area (Å²) in [5, 5.41) is 7.12. The van der Waals surface area contributed by atoms with Crippen molar-refractivity contribution in [3.8, 4) is 0 Å². The van der Waals surface area contributed by atoms with E-state index in [2.05, 4.69) is 11.9 Å². The van der Waals surface area contributed by atoms with Gasteiger partial charge in [0.15, 0.2) is 0 Å². The first-order valence-electron chi connectivity index (χ1n) is 10.3. The number of likely N-dealkylation sites (tertiary alicyclic amines) is 1. The highest BCUT2D eigenvalue weighted by atomic mass is 19.4. The number of halogens is 3. The van der Waals surface area contributed by atoms with Crippen LogP contribution in [-0.2, 0) is 25.7 Å². The van der Waals surface area contributed by atoms with E-state index in [1.165, 1.54) is 18.4 Å². The maximum absolute atomic E-state index is 12.2. The van der Waals surface area contributed by atoms with Gasteiger partial charge >= 0.3 is 12.1 Å². The second kappa shape index (κ2) is 9.52. The number of pyridine rings is 1. The lowest BCUT2D eigenvalue weighted by atomic mass is 9.84. The summed E-state index contributed by atoms with van der Waals surface area (Å²) in [4.78, 5) is 27.2. The Morgan fingerprint density at radius 1 is 1.32 bits per heavy atom. The molecule has 3 heterocycles. The van der Waals surface area contributed by atoms with E-state index in [9.17, 15) is 18.0 Å². The molecule has 0 bridgehead atoms. The molecule has 0 aromatic carbocycles. The van der Waals surface area contributed by atoms with E-state index >= 15 is 0 Å². The molecule has 1 spiro atoms. The molecular weight excluding hydrogens is 417 g/mol. The minimum atomic E-state index is -5.08. The number of aryl methyl sites for hydroxylation is 1. The summed E-state index contributed by atoms with van der Waals surface area (Å²) in [7, 11) is 0. The fraction of sp³-hybridized carbons (Fsp3) is 0.667. The Kier molecular flexibility index (Phi) is 7.20. The van der Waals surface area contributed by atoms with Crippen molar-refractivity contribution < 1.29 is 37.3 Å². The molecule has 172 valence electrons. The zero-order valence-electron chi connectivity index (χ0n) is 17.4. The minimum absolute atomic E-state index is 0.161. The third-order valence-electron chi connectivity index (χ3n) is 5.78. The number of carboxylic acids is 1. The highest BCUT2D eigenvalue weighted by Crippen LogP contribution is 2.38. The van der Waals surface area contributed by atoms with E-state index in [0.717, 1.165) is 44.5 Å². The van der Waals surface area contributed by atoms with Crippen LogP contribution < -0.4 is 0 Å². The molecular formula is C21H27F3N2O5. The summed E-state index contributed by atoms with van der Waals surface area (Å²) in [6.07, 6.45) is 3.82. The van der Waals surface area contributed by atoms with Gasteiger partial charge in [0.25, 0.3) is 0 Å².